The van der Waals surface area contributed by atoms with Crippen LogP contribution in [0.5, 0.6) is 0 Å². The van der Waals surface area contributed by atoms with Gasteiger partial charge < -0.3 is 25.4 Å². The first-order valence-corrected chi connectivity index (χ1v) is 12.7. The Bertz CT molecular complexity index is 1160. The summed E-state index contributed by atoms with van der Waals surface area (Å²) in [6, 6.07) is 10.7. The van der Waals surface area contributed by atoms with E-state index in [1.165, 1.54) is 4.90 Å². The number of aryl methyl sites for hydroxylation is 2. The number of hydrogen-bond acceptors (Lipinski definition) is 5. The molecule has 2 aromatic rings. The normalized spacial score (nSPS) is 18.4. The van der Waals surface area contributed by atoms with Gasteiger partial charge in [0.1, 0.15) is 17.7 Å². The third kappa shape index (κ3) is 6.89. The highest BCUT2D eigenvalue weighted by Gasteiger charge is 2.48. The van der Waals surface area contributed by atoms with Crippen molar-refractivity contribution in [3.05, 3.63) is 64.7 Å². The minimum absolute atomic E-state index is 0.170. The number of nitrogens with zero attached hydrogens (tertiary/aromatic N) is 1. The van der Waals surface area contributed by atoms with Gasteiger partial charge in [0.15, 0.2) is 0 Å². The zero-order valence-corrected chi connectivity index (χ0v) is 22.8. The number of alkyl carbamates (subject to hydrolysis) is 1. The van der Waals surface area contributed by atoms with Crippen molar-refractivity contribution in [2.24, 2.45) is 5.92 Å². The molecular formula is C29H39N3O5. The van der Waals surface area contributed by atoms with Crippen LogP contribution < -0.4 is 10.6 Å². The number of nitrogens with one attached hydrogen (secondary N) is 2. The van der Waals surface area contributed by atoms with Gasteiger partial charge in [-0.3, -0.25) is 9.59 Å². The third-order valence-corrected chi connectivity index (χ3v) is 6.72. The highest BCUT2D eigenvalue weighted by molar-refractivity contribution is 6.00. The van der Waals surface area contributed by atoms with Crippen molar-refractivity contribution in [1.82, 2.24) is 10.2 Å². The Morgan fingerprint density at radius 1 is 1.05 bits per heavy atom. The molecule has 1 aliphatic rings. The molecule has 4 unspecified atom stereocenters. The molecule has 1 saturated carbocycles. The lowest BCUT2D eigenvalue weighted by Crippen LogP contribution is -2.54. The zero-order chi connectivity index (χ0) is 27.5. The van der Waals surface area contributed by atoms with Crippen LogP contribution in [0.15, 0.2) is 42.5 Å². The third-order valence-electron chi connectivity index (χ3n) is 6.72. The van der Waals surface area contributed by atoms with Gasteiger partial charge in [-0.05, 0) is 82.2 Å². The average molecular weight is 510 g/mol. The van der Waals surface area contributed by atoms with Crippen LogP contribution in [-0.2, 0) is 14.3 Å². The van der Waals surface area contributed by atoms with Gasteiger partial charge in [-0.2, -0.15) is 0 Å². The number of para-hydroxylation sites is 1. The van der Waals surface area contributed by atoms with Crippen molar-refractivity contribution in [3.8, 4) is 0 Å². The summed E-state index contributed by atoms with van der Waals surface area (Å²) in [7, 11) is 0. The number of amides is 3. The molecule has 3 N–H and O–H groups in total. The van der Waals surface area contributed by atoms with E-state index < -0.39 is 36.3 Å². The van der Waals surface area contributed by atoms with Crippen molar-refractivity contribution < 1.29 is 24.2 Å². The molecule has 0 aliphatic heterocycles. The predicted octanol–water partition coefficient (Wildman–Crippen LogP) is 4.41. The van der Waals surface area contributed by atoms with E-state index in [9.17, 15) is 19.5 Å². The van der Waals surface area contributed by atoms with Crippen molar-refractivity contribution in [2.75, 3.05) is 11.9 Å². The second-order valence-corrected chi connectivity index (χ2v) is 10.9. The van der Waals surface area contributed by atoms with Gasteiger partial charge in [0, 0.05) is 11.7 Å². The largest absolute Gasteiger partial charge is 0.444 e. The number of aliphatic hydroxyl groups is 1. The summed E-state index contributed by atoms with van der Waals surface area (Å²) in [5, 5.41) is 15.6. The monoisotopic (exact) mass is 509 g/mol. The smallest absolute Gasteiger partial charge is 0.408 e. The lowest BCUT2D eigenvalue weighted by Gasteiger charge is -2.35. The fourth-order valence-corrected chi connectivity index (χ4v) is 4.39. The molecule has 0 spiro atoms. The summed E-state index contributed by atoms with van der Waals surface area (Å²) in [5.41, 5.74) is 3.38. The number of ether oxygens (including phenoxy) is 1. The Balaban J connectivity index is 2.04. The van der Waals surface area contributed by atoms with Gasteiger partial charge in [-0.1, -0.05) is 43.3 Å². The first-order chi connectivity index (χ1) is 17.3. The Morgan fingerprint density at radius 3 is 2.24 bits per heavy atom. The van der Waals surface area contributed by atoms with Crippen LogP contribution >= 0.6 is 0 Å². The van der Waals surface area contributed by atoms with E-state index in [0.717, 1.165) is 23.1 Å². The molecule has 0 aromatic heterocycles. The molecule has 200 valence electrons. The molecule has 4 atom stereocenters. The quantitative estimate of drug-likeness (QED) is 0.488. The predicted molar refractivity (Wildman–Crippen MR) is 143 cm³/mol. The van der Waals surface area contributed by atoms with Gasteiger partial charge in [0.2, 0.25) is 5.91 Å². The summed E-state index contributed by atoms with van der Waals surface area (Å²) in [6.07, 6.45) is -0.0913. The Morgan fingerprint density at radius 2 is 1.68 bits per heavy atom. The molecule has 0 bridgehead atoms. The van der Waals surface area contributed by atoms with E-state index in [4.69, 9.17) is 4.74 Å². The van der Waals surface area contributed by atoms with E-state index in [1.807, 2.05) is 70.2 Å². The van der Waals surface area contributed by atoms with Gasteiger partial charge in [-0.15, -0.1) is 0 Å². The molecule has 8 heteroatoms. The molecule has 1 fully saturated rings. The van der Waals surface area contributed by atoms with Crippen molar-refractivity contribution in [2.45, 2.75) is 78.6 Å². The SMILES string of the molecule is Cc1ccccc1NC(=O)C(c1cccc(C)c1C)N(C(=O)C(CO)NC(=O)OC(C)(C)C)C1CC1C. The summed E-state index contributed by atoms with van der Waals surface area (Å²) < 4.78 is 5.31. The van der Waals surface area contributed by atoms with Gasteiger partial charge in [0.05, 0.1) is 6.61 Å². The second-order valence-electron chi connectivity index (χ2n) is 10.9. The fourth-order valence-electron chi connectivity index (χ4n) is 4.39. The second kappa shape index (κ2) is 11.3. The maximum atomic E-state index is 14.0. The van der Waals surface area contributed by atoms with Gasteiger partial charge in [0.25, 0.3) is 5.91 Å². The molecule has 2 aromatic carbocycles. The van der Waals surface area contributed by atoms with Crippen LogP contribution in [0.3, 0.4) is 0 Å². The first-order valence-electron chi connectivity index (χ1n) is 12.7. The molecule has 0 heterocycles. The van der Waals surface area contributed by atoms with Crippen LogP contribution in [0.25, 0.3) is 0 Å². The van der Waals surface area contributed by atoms with E-state index in [1.54, 1.807) is 20.8 Å². The number of rotatable bonds is 8. The standard InChI is InChI=1S/C29H39N3O5/c1-17-12-10-13-21(20(17)4)25(26(34)30-22-14-9-8-11-18(22)2)32(24-15-19(24)3)27(35)23(16-33)31-28(36)37-29(5,6)7/h8-14,19,23-25,33H,15-16H2,1-7H3,(H,30,34)(H,31,36). The Hall–Kier alpha value is -3.39. The minimum atomic E-state index is -1.26. The maximum absolute atomic E-state index is 14.0. The van der Waals surface area contributed by atoms with Crippen LogP contribution in [-0.4, -0.2) is 52.2 Å². The Labute approximate surface area is 219 Å². The van der Waals surface area contributed by atoms with E-state index in [0.29, 0.717) is 11.3 Å². The minimum Gasteiger partial charge on any atom is -0.444 e. The summed E-state index contributed by atoms with van der Waals surface area (Å²) >= 11 is 0. The molecular weight excluding hydrogens is 470 g/mol. The summed E-state index contributed by atoms with van der Waals surface area (Å²) in [6.45, 7) is 12.3. The lowest BCUT2D eigenvalue weighted by molar-refractivity contribution is -0.142. The number of benzene rings is 2. The van der Waals surface area contributed by atoms with Crippen molar-refractivity contribution in [1.29, 1.82) is 0 Å². The molecule has 37 heavy (non-hydrogen) atoms. The molecule has 8 nitrogen and oxygen atoms in total. The van der Waals surface area contributed by atoms with Crippen molar-refractivity contribution in [3.63, 3.8) is 0 Å². The number of carbonyl (C=O) groups is 3. The molecule has 3 amide bonds. The molecule has 3 rings (SSSR count). The fraction of sp³-hybridized carbons (Fsp3) is 0.483. The highest BCUT2D eigenvalue weighted by Crippen LogP contribution is 2.42. The first kappa shape index (κ1) is 28.2. The maximum Gasteiger partial charge on any atom is 0.408 e. The van der Waals surface area contributed by atoms with Crippen LogP contribution in [0.4, 0.5) is 10.5 Å². The number of carbonyl (C=O) groups excluding carboxylic acids is 3. The topological polar surface area (TPSA) is 108 Å². The average Bonchev–Trinajstić information content (AvgIpc) is 3.53. The molecule has 0 saturated heterocycles. The van der Waals surface area contributed by atoms with Crippen LogP contribution in [0.1, 0.15) is 62.4 Å². The summed E-state index contributed by atoms with van der Waals surface area (Å²) in [4.78, 5) is 41.9. The van der Waals surface area contributed by atoms with Crippen LogP contribution in [0.2, 0.25) is 0 Å². The highest BCUT2D eigenvalue weighted by atomic mass is 16.6. The number of anilines is 1. The van der Waals surface area contributed by atoms with Gasteiger partial charge >= 0.3 is 6.09 Å². The van der Waals surface area contributed by atoms with E-state index >= 15 is 0 Å². The van der Waals surface area contributed by atoms with E-state index in [2.05, 4.69) is 10.6 Å². The Kier molecular flexibility index (Phi) is 8.64. The zero-order valence-electron chi connectivity index (χ0n) is 22.8. The summed E-state index contributed by atoms with van der Waals surface area (Å²) in [5.74, 6) is -0.721. The lowest BCUT2D eigenvalue weighted by atomic mass is 9.94. The van der Waals surface area contributed by atoms with Crippen LogP contribution in [0, 0.1) is 26.7 Å². The molecule has 1 aliphatic carbocycles. The number of aliphatic hydroxyl groups excluding tert-OH is 1. The van der Waals surface area contributed by atoms with Crippen molar-refractivity contribution >= 4 is 23.6 Å². The number of hydrogen-bond donors (Lipinski definition) is 3. The van der Waals surface area contributed by atoms with E-state index in [-0.39, 0.29) is 17.9 Å². The molecule has 0 radical (unpaired) electrons. The van der Waals surface area contributed by atoms with Gasteiger partial charge in [-0.25, -0.2) is 4.79 Å².